The summed E-state index contributed by atoms with van der Waals surface area (Å²) >= 11 is 0. The van der Waals surface area contributed by atoms with E-state index in [2.05, 4.69) is 15.0 Å². The van der Waals surface area contributed by atoms with Crippen molar-refractivity contribution in [1.82, 2.24) is 9.55 Å². The number of nitrogens with zero attached hydrogens (tertiary/aromatic N) is 2. The maximum Gasteiger partial charge on any atom is 0.418 e. The van der Waals surface area contributed by atoms with E-state index in [0.29, 0.717) is 0 Å². The number of hydrogen-bond donors (Lipinski definition) is 1. The topological polar surface area (TPSA) is 56.1 Å². The van der Waals surface area contributed by atoms with Gasteiger partial charge in [-0.25, -0.2) is 9.78 Å². The van der Waals surface area contributed by atoms with Gasteiger partial charge in [-0.05, 0) is 25.1 Å². The van der Waals surface area contributed by atoms with Crippen LogP contribution in [0.15, 0.2) is 36.9 Å². The Morgan fingerprint density at radius 1 is 1.43 bits per heavy atom. The first-order valence-corrected chi connectivity index (χ1v) is 6.05. The van der Waals surface area contributed by atoms with Gasteiger partial charge in [0.05, 0.1) is 24.2 Å². The maximum absolute atomic E-state index is 13.1. The zero-order valence-corrected chi connectivity index (χ0v) is 11.0. The number of nitrogens with one attached hydrogen (secondary N) is 1. The second-order valence-electron chi connectivity index (χ2n) is 4.05. The minimum absolute atomic E-state index is 0.00430. The van der Waals surface area contributed by atoms with Crippen LogP contribution in [0.5, 0.6) is 0 Å². The molecule has 0 saturated heterocycles. The summed E-state index contributed by atoms with van der Waals surface area (Å²) in [5.41, 5.74) is -0.950. The first-order chi connectivity index (χ1) is 9.91. The van der Waals surface area contributed by atoms with Gasteiger partial charge in [0.25, 0.3) is 0 Å². The normalized spacial score (nSPS) is 11.2. The lowest BCUT2D eigenvalue weighted by molar-refractivity contribution is -0.137. The SMILES string of the molecule is CCOC(=O)Nc1ccc(-n2ccnc2)c(C(F)(F)F)c1. The first kappa shape index (κ1) is 14.9. The number of hydrogen-bond acceptors (Lipinski definition) is 3. The van der Waals surface area contributed by atoms with Crippen molar-refractivity contribution in [3.63, 3.8) is 0 Å². The van der Waals surface area contributed by atoms with Gasteiger partial charge in [0.2, 0.25) is 0 Å². The number of amides is 1. The van der Waals surface area contributed by atoms with Gasteiger partial charge in [-0.15, -0.1) is 0 Å². The second kappa shape index (κ2) is 5.86. The van der Waals surface area contributed by atoms with Crippen molar-refractivity contribution in [2.24, 2.45) is 0 Å². The van der Waals surface area contributed by atoms with Crippen LogP contribution < -0.4 is 5.32 Å². The molecule has 1 aromatic carbocycles. The molecule has 5 nitrogen and oxygen atoms in total. The van der Waals surface area contributed by atoms with Crippen LogP contribution in [0.25, 0.3) is 5.69 Å². The minimum Gasteiger partial charge on any atom is -0.450 e. The molecule has 0 saturated carbocycles. The fourth-order valence-electron chi connectivity index (χ4n) is 1.75. The average Bonchev–Trinajstić information content (AvgIpc) is 2.91. The molecular weight excluding hydrogens is 287 g/mol. The number of halogens is 3. The Hall–Kier alpha value is -2.51. The van der Waals surface area contributed by atoms with E-state index in [1.165, 1.54) is 35.4 Å². The molecule has 0 aliphatic rings. The van der Waals surface area contributed by atoms with E-state index >= 15 is 0 Å². The van der Waals surface area contributed by atoms with Crippen LogP contribution in [0.4, 0.5) is 23.7 Å². The molecule has 1 aromatic heterocycles. The Bertz CT molecular complexity index is 624. The third-order valence-corrected chi connectivity index (χ3v) is 2.61. The number of aromatic nitrogens is 2. The standard InChI is InChI=1S/C13H12F3N3O2/c1-2-21-12(20)18-9-3-4-11(19-6-5-17-8-19)10(7-9)13(14,15)16/h3-8H,2H2,1H3,(H,18,20). The summed E-state index contributed by atoms with van der Waals surface area (Å²) in [6.07, 6.45) is -1.32. The molecule has 1 N–H and O–H groups in total. The Morgan fingerprint density at radius 2 is 2.19 bits per heavy atom. The highest BCUT2D eigenvalue weighted by molar-refractivity contribution is 5.85. The number of alkyl halides is 3. The lowest BCUT2D eigenvalue weighted by Crippen LogP contribution is -2.15. The Morgan fingerprint density at radius 3 is 2.76 bits per heavy atom. The number of imidazole rings is 1. The monoisotopic (exact) mass is 299 g/mol. The number of anilines is 1. The largest absolute Gasteiger partial charge is 0.450 e. The van der Waals surface area contributed by atoms with Crippen LogP contribution in [0.3, 0.4) is 0 Å². The molecule has 2 aromatic rings. The zero-order chi connectivity index (χ0) is 15.5. The third-order valence-electron chi connectivity index (χ3n) is 2.61. The number of benzene rings is 1. The smallest absolute Gasteiger partial charge is 0.418 e. The van der Waals surface area contributed by atoms with Crippen molar-refractivity contribution >= 4 is 11.8 Å². The van der Waals surface area contributed by atoms with E-state index in [0.717, 1.165) is 6.07 Å². The van der Waals surface area contributed by atoms with Gasteiger partial charge in [0.15, 0.2) is 0 Å². The fraction of sp³-hybridized carbons (Fsp3) is 0.231. The Labute approximate surface area is 118 Å². The highest BCUT2D eigenvalue weighted by Gasteiger charge is 2.34. The first-order valence-electron chi connectivity index (χ1n) is 6.05. The summed E-state index contributed by atoms with van der Waals surface area (Å²) in [5, 5.41) is 2.24. The van der Waals surface area contributed by atoms with Crippen LogP contribution in [0.2, 0.25) is 0 Å². The summed E-state index contributed by atoms with van der Waals surface area (Å²) in [6.45, 7) is 1.73. The van der Waals surface area contributed by atoms with Crippen LogP contribution in [0.1, 0.15) is 12.5 Å². The van der Waals surface area contributed by atoms with Gasteiger partial charge >= 0.3 is 12.3 Å². The molecule has 8 heteroatoms. The highest BCUT2D eigenvalue weighted by atomic mass is 19.4. The number of ether oxygens (including phenoxy) is 1. The van der Waals surface area contributed by atoms with Gasteiger partial charge < -0.3 is 9.30 Å². The Kier molecular flexibility index (Phi) is 4.15. The van der Waals surface area contributed by atoms with Crippen molar-refractivity contribution in [2.75, 3.05) is 11.9 Å². The van der Waals surface area contributed by atoms with E-state index in [1.54, 1.807) is 6.92 Å². The molecular formula is C13H12F3N3O2. The number of rotatable bonds is 3. The average molecular weight is 299 g/mol. The lowest BCUT2D eigenvalue weighted by atomic mass is 10.1. The molecule has 21 heavy (non-hydrogen) atoms. The number of carbonyl (C=O) groups excluding carboxylic acids is 1. The predicted molar refractivity (Wildman–Crippen MR) is 69.2 cm³/mol. The van der Waals surface area contributed by atoms with Gasteiger partial charge in [-0.3, -0.25) is 5.32 Å². The van der Waals surface area contributed by atoms with Crippen molar-refractivity contribution in [3.8, 4) is 5.69 Å². The van der Waals surface area contributed by atoms with E-state index in [9.17, 15) is 18.0 Å². The van der Waals surface area contributed by atoms with Crippen LogP contribution in [-0.4, -0.2) is 22.3 Å². The summed E-state index contributed by atoms with van der Waals surface area (Å²) in [6, 6.07) is 3.47. The van der Waals surface area contributed by atoms with E-state index in [1.807, 2.05) is 0 Å². The summed E-state index contributed by atoms with van der Waals surface area (Å²) in [7, 11) is 0. The fourth-order valence-corrected chi connectivity index (χ4v) is 1.75. The van der Waals surface area contributed by atoms with Crippen LogP contribution >= 0.6 is 0 Å². The van der Waals surface area contributed by atoms with Gasteiger partial charge in [0.1, 0.15) is 0 Å². The summed E-state index contributed by atoms with van der Waals surface area (Å²) in [5.74, 6) is 0. The van der Waals surface area contributed by atoms with E-state index < -0.39 is 17.8 Å². The Balaban J connectivity index is 2.39. The molecule has 1 amide bonds. The van der Waals surface area contributed by atoms with Crippen molar-refractivity contribution < 1.29 is 22.7 Å². The van der Waals surface area contributed by atoms with Crippen molar-refractivity contribution in [2.45, 2.75) is 13.1 Å². The molecule has 0 spiro atoms. The molecule has 0 radical (unpaired) electrons. The second-order valence-corrected chi connectivity index (χ2v) is 4.05. The van der Waals surface area contributed by atoms with Crippen molar-refractivity contribution in [1.29, 1.82) is 0 Å². The highest BCUT2D eigenvalue weighted by Crippen LogP contribution is 2.35. The quantitative estimate of drug-likeness (QED) is 0.944. The number of carbonyl (C=O) groups is 1. The predicted octanol–water partition coefficient (Wildman–Crippen LogP) is 3.46. The van der Waals surface area contributed by atoms with Crippen LogP contribution in [-0.2, 0) is 10.9 Å². The summed E-state index contributed by atoms with van der Waals surface area (Å²) < 4.78 is 45.3. The van der Waals surface area contributed by atoms with Crippen LogP contribution in [0, 0.1) is 0 Å². The summed E-state index contributed by atoms with van der Waals surface area (Å²) in [4.78, 5) is 15.0. The van der Waals surface area contributed by atoms with E-state index in [-0.39, 0.29) is 18.0 Å². The van der Waals surface area contributed by atoms with Crippen molar-refractivity contribution in [3.05, 3.63) is 42.5 Å². The van der Waals surface area contributed by atoms with E-state index in [4.69, 9.17) is 0 Å². The molecule has 0 aliphatic heterocycles. The lowest BCUT2D eigenvalue weighted by Gasteiger charge is -2.15. The molecule has 1 heterocycles. The van der Waals surface area contributed by atoms with Gasteiger partial charge in [0, 0.05) is 18.1 Å². The molecule has 0 aliphatic carbocycles. The molecule has 0 atom stereocenters. The molecule has 112 valence electrons. The molecule has 2 rings (SSSR count). The molecule has 0 unspecified atom stereocenters. The minimum atomic E-state index is -4.56. The molecule has 0 fully saturated rings. The van der Waals surface area contributed by atoms with Gasteiger partial charge in [-0.2, -0.15) is 13.2 Å². The third kappa shape index (κ3) is 3.53. The zero-order valence-electron chi connectivity index (χ0n) is 11.0. The molecule has 0 bridgehead atoms. The van der Waals surface area contributed by atoms with Gasteiger partial charge in [-0.1, -0.05) is 0 Å². The maximum atomic E-state index is 13.1.